The second-order valence-corrected chi connectivity index (χ2v) is 7.20. The van der Waals surface area contributed by atoms with Crippen LogP contribution in [0.3, 0.4) is 0 Å². The third kappa shape index (κ3) is 4.77. The summed E-state index contributed by atoms with van der Waals surface area (Å²) < 4.78 is 23.3. The molecule has 0 aliphatic heterocycles. The molecule has 1 aromatic carbocycles. The first-order valence-electron chi connectivity index (χ1n) is 4.81. The molecular weight excluding hydrogens is 339 g/mol. The predicted molar refractivity (Wildman–Crippen MR) is 73.6 cm³/mol. The number of halogens is 1. The molecule has 0 radical (unpaired) electrons. The van der Waals surface area contributed by atoms with Gasteiger partial charge in [0.2, 0.25) is 0 Å². The maximum absolute atomic E-state index is 11.1. The van der Waals surface area contributed by atoms with E-state index in [-0.39, 0.29) is 11.8 Å². The summed E-state index contributed by atoms with van der Waals surface area (Å²) in [6.45, 7) is 0. The molecule has 1 aromatic rings. The Labute approximate surface area is 110 Å². The van der Waals surface area contributed by atoms with Crippen molar-refractivity contribution in [2.75, 3.05) is 12.0 Å². The van der Waals surface area contributed by atoms with E-state index in [1.54, 1.807) is 0 Å². The first-order chi connectivity index (χ1) is 7.42. The minimum Gasteiger partial charge on any atom is -0.271 e. The van der Waals surface area contributed by atoms with E-state index in [1.165, 1.54) is 6.26 Å². The lowest BCUT2D eigenvalue weighted by atomic mass is 10.1. The van der Waals surface area contributed by atoms with Gasteiger partial charge < -0.3 is 0 Å². The predicted octanol–water partition coefficient (Wildman–Crippen LogP) is 1.23. The summed E-state index contributed by atoms with van der Waals surface area (Å²) >= 11 is 2.21. The van der Waals surface area contributed by atoms with Crippen LogP contribution in [-0.4, -0.2) is 20.4 Å². The van der Waals surface area contributed by atoms with Crippen molar-refractivity contribution in [1.29, 1.82) is 0 Å². The van der Waals surface area contributed by atoms with Gasteiger partial charge in [-0.15, -0.1) is 0 Å². The topological polar surface area (TPSA) is 72.2 Å². The summed E-state index contributed by atoms with van der Waals surface area (Å²) in [4.78, 5) is 0. The highest BCUT2D eigenvalue weighted by molar-refractivity contribution is 14.1. The van der Waals surface area contributed by atoms with Gasteiger partial charge in [0.15, 0.2) is 0 Å². The molecule has 4 nitrogen and oxygen atoms in total. The summed E-state index contributed by atoms with van der Waals surface area (Å²) in [6.07, 6.45) is 1.71. The van der Waals surface area contributed by atoms with Crippen molar-refractivity contribution in [2.24, 2.45) is 5.84 Å². The van der Waals surface area contributed by atoms with Crippen LogP contribution < -0.4 is 11.3 Å². The van der Waals surface area contributed by atoms with Gasteiger partial charge in [-0.1, -0.05) is 12.1 Å². The molecule has 90 valence electrons. The van der Waals surface area contributed by atoms with Crippen LogP contribution in [0.2, 0.25) is 0 Å². The van der Waals surface area contributed by atoms with Crippen LogP contribution in [0.15, 0.2) is 24.3 Å². The van der Waals surface area contributed by atoms with Gasteiger partial charge in [0.05, 0.1) is 5.75 Å². The van der Waals surface area contributed by atoms with Crippen molar-refractivity contribution in [3.8, 4) is 0 Å². The normalized spacial score (nSPS) is 13.7. The van der Waals surface area contributed by atoms with Crippen LogP contribution in [-0.2, 0) is 9.84 Å². The van der Waals surface area contributed by atoms with Crippen molar-refractivity contribution < 1.29 is 8.42 Å². The van der Waals surface area contributed by atoms with E-state index in [9.17, 15) is 8.42 Å². The zero-order valence-corrected chi connectivity index (χ0v) is 12.0. The third-order valence-electron chi connectivity index (χ3n) is 2.23. The Kier molecular flexibility index (Phi) is 5.16. The first kappa shape index (κ1) is 13.9. The number of nitrogens with one attached hydrogen (secondary N) is 1. The van der Waals surface area contributed by atoms with Gasteiger partial charge in [-0.05, 0) is 46.7 Å². The molecule has 3 N–H and O–H groups in total. The average Bonchev–Trinajstić information content (AvgIpc) is 2.17. The molecule has 6 heteroatoms. The molecule has 1 rings (SSSR count). The van der Waals surface area contributed by atoms with Crippen molar-refractivity contribution in [1.82, 2.24) is 5.43 Å². The molecule has 0 spiro atoms. The van der Waals surface area contributed by atoms with Crippen LogP contribution in [0, 0.1) is 3.57 Å². The van der Waals surface area contributed by atoms with Gasteiger partial charge >= 0.3 is 0 Å². The van der Waals surface area contributed by atoms with Crippen LogP contribution in [0.25, 0.3) is 0 Å². The number of hydrogen-bond acceptors (Lipinski definition) is 4. The standard InChI is InChI=1S/C10H15IN2O2S/c1-16(14,15)6-5-10(13-12)8-3-2-4-9(11)7-8/h2-4,7,10,13H,5-6,12H2,1H3. The van der Waals surface area contributed by atoms with Gasteiger partial charge in [-0.25, -0.2) is 8.42 Å². The number of hydrogen-bond donors (Lipinski definition) is 2. The zero-order valence-electron chi connectivity index (χ0n) is 8.98. The average molecular weight is 354 g/mol. The Bertz CT molecular complexity index is 448. The van der Waals surface area contributed by atoms with E-state index >= 15 is 0 Å². The molecule has 0 aromatic heterocycles. The second kappa shape index (κ2) is 5.95. The molecule has 0 bridgehead atoms. The molecule has 0 saturated heterocycles. The van der Waals surface area contributed by atoms with Crippen LogP contribution in [0.1, 0.15) is 18.0 Å². The van der Waals surface area contributed by atoms with Gasteiger partial charge in [0.25, 0.3) is 0 Å². The molecule has 1 unspecified atom stereocenters. The van der Waals surface area contributed by atoms with E-state index in [0.29, 0.717) is 6.42 Å². The molecule has 0 saturated carbocycles. The summed E-state index contributed by atoms with van der Waals surface area (Å²) in [7, 11) is -2.94. The number of hydrazine groups is 1. The molecule has 0 amide bonds. The van der Waals surface area contributed by atoms with Crippen molar-refractivity contribution in [2.45, 2.75) is 12.5 Å². The zero-order chi connectivity index (χ0) is 12.2. The Morgan fingerprint density at radius 1 is 1.50 bits per heavy atom. The smallest absolute Gasteiger partial charge is 0.147 e. The van der Waals surface area contributed by atoms with E-state index in [0.717, 1.165) is 9.13 Å². The Balaban J connectivity index is 2.75. The maximum atomic E-state index is 11.1. The van der Waals surface area contributed by atoms with Crippen molar-refractivity contribution in [3.63, 3.8) is 0 Å². The first-order valence-corrected chi connectivity index (χ1v) is 7.95. The van der Waals surface area contributed by atoms with Gasteiger partial charge in [-0.2, -0.15) is 0 Å². The number of rotatable bonds is 5. The maximum Gasteiger partial charge on any atom is 0.147 e. The van der Waals surface area contributed by atoms with E-state index in [1.807, 2.05) is 24.3 Å². The monoisotopic (exact) mass is 354 g/mol. The molecule has 0 aliphatic carbocycles. The largest absolute Gasteiger partial charge is 0.271 e. The molecule has 0 heterocycles. The van der Waals surface area contributed by atoms with Crippen LogP contribution in [0.5, 0.6) is 0 Å². The van der Waals surface area contributed by atoms with Crippen molar-refractivity contribution >= 4 is 32.4 Å². The van der Waals surface area contributed by atoms with E-state index in [2.05, 4.69) is 28.0 Å². The Hall–Kier alpha value is -0.180. The summed E-state index contributed by atoms with van der Waals surface area (Å²) in [5.41, 5.74) is 3.66. The summed E-state index contributed by atoms with van der Waals surface area (Å²) in [6, 6.07) is 7.72. The third-order valence-corrected chi connectivity index (χ3v) is 3.88. The Morgan fingerprint density at radius 2 is 2.19 bits per heavy atom. The van der Waals surface area contributed by atoms with Crippen LogP contribution >= 0.6 is 22.6 Å². The van der Waals surface area contributed by atoms with E-state index < -0.39 is 9.84 Å². The molecule has 16 heavy (non-hydrogen) atoms. The SMILES string of the molecule is CS(=O)(=O)CCC(NN)c1cccc(I)c1. The van der Waals surface area contributed by atoms with Gasteiger partial charge in [0, 0.05) is 15.9 Å². The van der Waals surface area contributed by atoms with Gasteiger partial charge in [0.1, 0.15) is 9.84 Å². The lowest BCUT2D eigenvalue weighted by Gasteiger charge is -2.15. The lowest BCUT2D eigenvalue weighted by molar-refractivity contribution is 0.531. The fraction of sp³-hybridized carbons (Fsp3) is 0.400. The lowest BCUT2D eigenvalue weighted by Crippen LogP contribution is -2.29. The highest BCUT2D eigenvalue weighted by Gasteiger charge is 2.12. The molecular formula is C10H15IN2O2S. The highest BCUT2D eigenvalue weighted by Crippen LogP contribution is 2.18. The number of sulfone groups is 1. The fourth-order valence-corrected chi connectivity index (χ4v) is 2.63. The summed E-state index contributed by atoms with van der Waals surface area (Å²) in [5, 5.41) is 0. The fourth-order valence-electron chi connectivity index (χ4n) is 1.40. The molecule has 0 aliphatic rings. The minimum atomic E-state index is -2.94. The Morgan fingerprint density at radius 3 is 2.69 bits per heavy atom. The highest BCUT2D eigenvalue weighted by atomic mass is 127. The van der Waals surface area contributed by atoms with Crippen LogP contribution in [0.4, 0.5) is 0 Å². The number of benzene rings is 1. The minimum absolute atomic E-state index is 0.121. The van der Waals surface area contributed by atoms with Gasteiger partial charge in [-0.3, -0.25) is 11.3 Å². The van der Waals surface area contributed by atoms with E-state index in [4.69, 9.17) is 5.84 Å². The quantitative estimate of drug-likeness (QED) is 0.474. The number of nitrogens with two attached hydrogens (primary N) is 1. The molecule has 0 fully saturated rings. The molecule has 1 atom stereocenters. The summed E-state index contributed by atoms with van der Waals surface area (Å²) in [5.74, 6) is 5.57. The van der Waals surface area contributed by atoms with Crippen molar-refractivity contribution in [3.05, 3.63) is 33.4 Å². The second-order valence-electron chi connectivity index (χ2n) is 3.69.